The van der Waals surface area contributed by atoms with Gasteiger partial charge < -0.3 is 30.3 Å². The molecule has 10 heteroatoms. The quantitative estimate of drug-likeness (QED) is 0.124. The minimum Gasteiger partial charge on any atom is -0.504 e. The molecule has 10 nitrogen and oxygen atoms in total. The van der Waals surface area contributed by atoms with Crippen LogP contribution in [0, 0.1) is 0 Å². The molecule has 0 unspecified atom stereocenters. The Kier molecular flexibility index (Phi) is 7.30. The van der Waals surface area contributed by atoms with Crippen LogP contribution in [0.1, 0.15) is 42.2 Å². The molecular formula is C29H21NO9. The standard InChI is InChI=1S/C29H21NO9/c1-39-25-11-6-18-27(28(25)22(34)10-5-16-4-9-21(33)24(36)13-16)26(29(37)38)17(14-30-18)19(31)7-2-15-3-8-20(32)23(35)12-15/h2-14,32-33,35-36H,1H3,(H,37,38)/b7-2+,10-5+. The van der Waals surface area contributed by atoms with Crippen molar-refractivity contribution in [3.05, 3.63) is 94.7 Å². The fourth-order valence-corrected chi connectivity index (χ4v) is 3.90. The number of carboxylic acids is 1. The second-order valence-electron chi connectivity index (χ2n) is 8.28. The minimum absolute atomic E-state index is 0.0507. The Bertz CT molecular complexity index is 1700. The maximum atomic E-state index is 13.3. The highest BCUT2D eigenvalue weighted by Crippen LogP contribution is 2.33. The Morgan fingerprint density at radius 2 is 1.31 bits per heavy atom. The lowest BCUT2D eigenvalue weighted by Gasteiger charge is -2.13. The van der Waals surface area contributed by atoms with E-state index in [1.807, 2.05) is 0 Å². The van der Waals surface area contributed by atoms with E-state index in [1.54, 1.807) is 0 Å². The average Bonchev–Trinajstić information content (AvgIpc) is 2.92. The number of phenolic OH excluding ortho intramolecular Hbond substituents is 4. The molecule has 1 aromatic heterocycles. The van der Waals surface area contributed by atoms with Gasteiger partial charge in [0, 0.05) is 11.6 Å². The first-order valence-electron chi connectivity index (χ1n) is 11.3. The second-order valence-corrected chi connectivity index (χ2v) is 8.28. The summed E-state index contributed by atoms with van der Waals surface area (Å²) in [5.41, 5.74) is 0.00509. The highest BCUT2D eigenvalue weighted by atomic mass is 16.5. The molecule has 0 atom stereocenters. The highest BCUT2D eigenvalue weighted by molar-refractivity contribution is 6.24. The van der Waals surface area contributed by atoms with Gasteiger partial charge in [0.1, 0.15) is 5.75 Å². The molecule has 0 saturated heterocycles. The van der Waals surface area contributed by atoms with Crippen LogP contribution in [0.4, 0.5) is 0 Å². The van der Waals surface area contributed by atoms with E-state index in [1.165, 1.54) is 67.8 Å². The predicted molar refractivity (Wildman–Crippen MR) is 142 cm³/mol. The number of hydrogen-bond donors (Lipinski definition) is 5. The zero-order valence-corrected chi connectivity index (χ0v) is 20.3. The molecule has 4 rings (SSSR count). The van der Waals surface area contributed by atoms with Crippen LogP contribution in [0.5, 0.6) is 28.7 Å². The normalized spacial score (nSPS) is 11.3. The summed E-state index contributed by atoms with van der Waals surface area (Å²) in [5, 5.41) is 48.3. The lowest BCUT2D eigenvalue weighted by atomic mass is 9.94. The zero-order valence-electron chi connectivity index (χ0n) is 20.3. The summed E-state index contributed by atoms with van der Waals surface area (Å²) >= 11 is 0. The Morgan fingerprint density at radius 1 is 0.744 bits per heavy atom. The van der Waals surface area contributed by atoms with Crippen molar-refractivity contribution in [3.8, 4) is 28.7 Å². The zero-order chi connectivity index (χ0) is 28.3. The summed E-state index contributed by atoms with van der Waals surface area (Å²) in [6.07, 6.45) is 6.01. The fraction of sp³-hybridized carbons (Fsp3) is 0.0345. The van der Waals surface area contributed by atoms with E-state index in [-0.39, 0.29) is 45.0 Å². The number of ketones is 2. The van der Waals surface area contributed by atoms with E-state index in [4.69, 9.17) is 4.74 Å². The number of nitrogens with zero attached hydrogens (tertiary/aromatic N) is 1. The number of fused-ring (bicyclic) bond motifs is 1. The monoisotopic (exact) mass is 527 g/mol. The number of aromatic carboxylic acids is 1. The van der Waals surface area contributed by atoms with Crippen molar-refractivity contribution in [2.75, 3.05) is 7.11 Å². The van der Waals surface area contributed by atoms with Gasteiger partial charge in [0.2, 0.25) is 0 Å². The Hall–Kier alpha value is -5.64. The number of carbonyl (C=O) groups excluding carboxylic acids is 2. The number of carbonyl (C=O) groups is 3. The lowest BCUT2D eigenvalue weighted by Crippen LogP contribution is -2.12. The third-order valence-electron chi connectivity index (χ3n) is 5.80. The van der Waals surface area contributed by atoms with E-state index < -0.39 is 28.8 Å². The molecule has 0 aliphatic heterocycles. The van der Waals surface area contributed by atoms with Crippen LogP contribution in [0.3, 0.4) is 0 Å². The number of phenols is 4. The number of benzene rings is 3. The van der Waals surface area contributed by atoms with Crippen molar-refractivity contribution in [1.82, 2.24) is 4.98 Å². The molecule has 0 aliphatic carbocycles. The van der Waals surface area contributed by atoms with E-state index in [2.05, 4.69) is 4.98 Å². The van der Waals surface area contributed by atoms with Gasteiger partial charge >= 0.3 is 5.97 Å². The minimum atomic E-state index is -1.48. The molecule has 4 aromatic rings. The largest absolute Gasteiger partial charge is 0.504 e. The summed E-state index contributed by atoms with van der Waals surface area (Å²) in [6, 6.07) is 10.7. The summed E-state index contributed by atoms with van der Waals surface area (Å²) < 4.78 is 5.33. The van der Waals surface area contributed by atoms with Gasteiger partial charge in [-0.2, -0.15) is 0 Å². The van der Waals surface area contributed by atoms with E-state index in [9.17, 15) is 39.9 Å². The molecule has 0 fully saturated rings. The third kappa shape index (κ3) is 5.39. The van der Waals surface area contributed by atoms with Gasteiger partial charge in [0.25, 0.3) is 0 Å². The maximum absolute atomic E-state index is 13.3. The van der Waals surface area contributed by atoms with Crippen LogP contribution in [0.25, 0.3) is 23.1 Å². The molecule has 1 heterocycles. The summed E-state index contributed by atoms with van der Waals surface area (Å²) in [6.45, 7) is 0. The molecule has 5 N–H and O–H groups in total. The molecule has 0 saturated carbocycles. The molecule has 0 radical (unpaired) electrons. The first kappa shape index (κ1) is 26.4. The number of rotatable bonds is 8. The first-order valence-corrected chi connectivity index (χ1v) is 11.3. The van der Waals surface area contributed by atoms with Crippen LogP contribution < -0.4 is 4.74 Å². The lowest BCUT2D eigenvalue weighted by molar-refractivity contribution is 0.0695. The second kappa shape index (κ2) is 10.8. The van der Waals surface area contributed by atoms with E-state index in [0.717, 1.165) is 18.3 Å². The Balaban J connectivity index is 1.84. The number of aromatic nitrogens is 1. The van der Waals surface area contributed by atoms with Crippen molar-refractivity contribution in [1.29, 1.82) is 0 Å². The topological polar surface area (TPSA) is 174 Å². The van der Waals surface area contributed by atoms with Gasteiger partial charge in [-0.05, 0) is 59.7 Å². The molecule has 0 spiro atoms. The van der Waals surface area contributed by atoms with Crippen LogP contribution in [-0.2, 0) is 0 Å². The first-order chi connectivity index (χ1) is 18.6. The van der Waals surface area contributed by atoms with E-state index >= 15 is 0 Å². The number of ether oxygens (including phenoxy) is 1. The van der Waals surface area contributed by atoms with E-state index in [0.29, 0.717) is 11.1 Å². The van der Waals surface area contributed by atoms with Crippen molar-refractivity contribution in [3.63, 3.8) is 0 Å². The number of allylic oxidation sites excluding steroid dienone is 2. The number of pyridine rings is 1. The number of aromatic hydroxyl groups is 4. The third-order valence-corrected chi connectivity index (χ3v) is 5.80. The van der Waals surface area contributed by atoms with Gasteiger partial charge in [-0.25, -0.2) is 4.79 Å². The highest BCUT2D eigenvalue weighted by Gasteiger charge is 2.25. The maximum Gasteiger partial charge on any atom is 0.337 e. The summed E-state index contributed by atoms with van der Waals surface area (Å²) in [5.74, 6) is -4.27. The number of carboxylic acid groups (broad SMARTS) is 1. The van der Waals surface area contributed by atoms with Crippen molar-refractivity contribution >= 4 is 40.6 Å². The fourth-order valence-electron chi connectivity index (χ4n) is 3.90. The van der Waals surface area contributed by atoms with Crippen LogP contribution in [0.15, 0.2) is 66.9 Å². The molecular weight excluding hydrogens is 506 g/mol. The van der Waals surface area contributed by atoms with Crippen LogP contribution >= 0.6 is 0 Å². The van der Waals surface area contributed by atoms with Crippen LogP contribution in [-0.4, -0.2) is 55.2 Å². The molecule has 0 aliphatic rings. The number of methoxy groups -OCH3 is 1. The molecule has 196 valence electrons. The smallest absolute Gasteiger partial charge is 0.337 e. The van der Waals surface area contributed by atoms with Gasteiger partial charge in [-0.3, -0.25) is 14.6 Å². The van der Waals surface area contributed by atoms with Crippen molar-refractivity contribution in [2.24, 2.45) is 0 Å². The Labute approximate surface area is 221 Å². The van der Waals surface area contributed by atoms with Crippen LogP contribution in [0.2, 0.25) is 0 Å². The number of hydrogen-bond acceptors (Lipinski definition) is 9. The van der Waals surface area contributed by atoms with Gasteiger partial charge in [0.05, 0.1) is 29.3 Å². The van der Waals surface area contributed by atoms with Crippen molar-refractivity contribution in [2.45, 2.75) is 0 Å². The molecule has 39 heavy (non-hydrogen) atoms. The average molecular weight is 527 g/mol. The van der Waals surface area contributed by atoms with Gasteiger partial charge in [0.15, 0.2) is 34.6 Å². The molecule has 3 aromatic carbocycles. The summed E-state index contributed by atoms with van der Waals surface area (Å²) in [4.78, 5) is 43.0. The van der Waals surface area contributed by atoms with Gasteiger partial charge in [-0.1, -0.05) is 24.3 Å². The molecule has 0 bridgehead atoms. The summed E-state index contributed by atoms with van der Waals surface area (Å²) in [7, 11) is 1.30. The molecule has 0 amide bonds. The van der Waals surface area contributed by atoms with Crippen molar-refractivity contribution < 1.29 is 44.7 Å². The van der Waals surface area contributed by atoms with Gasteiger partial charge in [-0.15, -0.1) is 0 Å². The SMILES string of the molecule is COc1ccc2ncc(C(=O)/C=C/c3ccc(O)c(O)c3)c(C(=O)O)c2c1C(=O)/C=C/c1ccc(O)c(O)c1. The Morgan fingerprint density at radius 3 is 1.82 bits per heavy atom. The predicted octanol–water partition coefficient (Wildman–Crippen LogP) is 4.56.